The topological polar surface area (TPSA) is 24.5 Å². The van der Waals surface area contributed by atoms with Gasteiger partial charge in [-0.05, 0) is 69.4 Å². The number of nitrogens with one attached hydrogen (secondary N) is 1. The second-order valence-corrected chi connectivity index (χ2v) is 7.40. The van der Waals surface area contributed by atoms with E-state index in [9.17, 15) is 0 Å². The number of hydrogen-bond acceptors (Lipinski definition) is 3. The van der Waals surface area contributed by atoms with Crippen molar-refractivity contribution in [3.8, 4) is 0 Å². The first-order valence-corrected chi connectivity index (χ1v) is 8.74. The molecule has 2 atom stereocenters. The van der Waals surface area contributed by atoms with Crippen molar-refractivity contribution < 1.29 is 4.74 Å². The van der Waals surface area contributed by atoms with E-state index in [1.165, 1.54) is 18.4 Å². The lowest BCUT2D eigenvalue weighted by Gasteiger charge is -2.39. The molecule has 1 aliphatic heterocycles. The van der Waals surface area contributed by atoms with Crippen molar-refractivity contribution in [3.05, 3.63) is 32.7 Å². The predicted molar refractivity (Wildman–Crippen MR) is 88.0 cm³/mol. The molecule has 3 rings (SSSR count). The summed E-state index contributed by atoms with van der Waals surface area (Å²) in [6.45, 7) is 2.74. The van der Waals surface area contributed by atoms with Crippen LogP contribution in [-0.4, -0.2) is 43.8 Å². The van der Waals surface area contributed by atoms with Gasteiger partial charge in [0.05, 0.1) is 18.8 Å². The van der Waals surface area contributed by atoms with Crippen LogP contribution in [0.25, 0.3) is 0 Å². The van der Waals surface area contributed by atoms with E-state index in [1.807, 2.05) is 0 Å². The largest absolute Gasteiger partial charge is 0.374 e. The number of likely N-dealkylation sites (N-methyl/N-ethyl adjacent to an activating group) is 1. The molecule has 1 aromatic carbocycles. The molecular weight excluding hydrogens is 384 g/mol. The van der Waals surface area contributed by atoms with E-state index in [-0.39, 0.29) is 6.10 Å². The Hall–Kier alpha value is 0.0600. The quantitative estimate of drug-likeness (QED) is 0.834. The number of ether oxygens (including phenoxy) is 1. The fraction of sp³-hybridized carbons (Fsp3) is 0.600. The SMILES string of the molecule is CN1CCOC(CNC2CC2)C1c1ccc(Br)c(Br)c1. The highest BCUT2D eigenvalue weighted by molar-refractivity contribution is 9.13. The molecule has 1 heterocycles. The number of nitrogens with zero attached hydrogens (tertiary/aromatic N) is 1. The summed E-state index contributed by atoms with van der Waals surface area (Å²) in [5.74, 6) is 0. The number of benzene rings is 1. The Balaban J connectivity index is 1.78. The molecule has 3 nitrogen and oxygen atoms in total. The third kappa shape index (κ3) is 3.45. The van der Waals surface area contributed by atoms with Gasteiger partial charge < -0.3 is 10.1 Å². The fourth-order valence-corrected chi connectivity index (χ4v) is 3.41. The van der Waals surface area contributed by atoms with Crippen LogP contribution in [0.5, 0.6) is 0 Å². The van der Waals surface area contributed by atoms with E-state index in [0.717, 1.165) is 34.7 Å². The summed E-state index contributed by atoms with van der Waals surface area (Å²) in [5, 5.41) is 3.60. The zero-order chi connectivity index (χ0) is 14.1. The minimum atomic E-state index is 0.224. The third-order valence-electron chi connectivity index (χ3n) is 4.07. The molecule has 1 saturated carbocycles. The van der Waals surface area contributed by atoms with E-state index in [0.29, 0.717) is 6.04 Å². The van der Waals surface area contributed by atoms with Gasteiger partial charge in [0.1, 0.15) is 0 Å². The summed E-state index contributed by atoms with van der Waals surface area (Å²) in [6.07, 6.45) is 2.86. The Morgan fingerprint density at radius 3 is 2.80 bits per heavy atom. The summed E-state index contributed by atoms with van der Waals surface area (Å²) in [5.41, 5.74) is 1.31. The summed E-state index contributed by atoms with van der Waals surface area (Å²) in [7, 11) is 2.19. The first-order valence-electron chi connectivity index (χ1n) is 7.15. The number of hydrogen-bond donors (Lipinski definition) is 1. The van der Waals surface area contributed by atoms with E-state index >= 15 is 0 Å². The standard InChI is InChI=1S/C15H20Br2N2O/c1-19-6-7-20-14(9-18-11-3-4-11)15(19)10-2-5-12(16)13(17)8-10/h2,5,8,11,14-15,18H,3-4,6-7,9H2,1H3. The first-order chi connectivity index (χ1) is 9.65. The second-order valence-electron chi connectivity index (χ2n) is 5.69. The molecule has 1 N–H and O–H groups in total. The normalized spacial score (nSPS) is 27.8. The molecule has 2 aliphatic rings. The predicted octanol–water partition coefficient (Wildman–Crippen LogP) is 3.34. The van der Waals surface area contributed by atoms with Gasteiger partial charge in [-0.2, -0.15) is 0 Å². The average Bonchev–Trinajstić information content (AvgIpc) is 3.24. The van der Waals surface area contributed by atoms with Crippen LogP contribution in [0.2, 0.25) is 0 Å². The molecule has 5 heteroatoms. The maximum Gasteiger partial charge on any atom is 0.0896 e. The zero-order valence-corrected chi connectivity index (χ0v) is 14.8. The van der Waals surface area contributed by atoms with Gasteiger partial charge >= 0.3 is 0 Å². The summed E-state index contributed by atoms with van der Waals surface area (Å²) in [4.78, 5) is 2.40. The lowest BCUT2D eigenvalue weighted by Crippen LogP contribution is -2.47. The van der Waals surface area contributed by atoms with Crippen molar-refractivity contribution >= 4 is 31.9 Å². The Kier molecular flexibility index (Phi) is 4.82. The van der Waals surface area contributed by atoms with Crippen LogP contribution in [0.4, 0.5) is 0 Å². The van der Waals surface area contributed by atoms with E-state index in [2.05, 4.69) is 67.3 Å². The van der Waals surface area contributed by atoms with Crippen LogP contribution in [0.1, 0.15) is 24.4 Å². The smallest absolute Gasteiger partial charge is 0.0896 e. The molecule has 1 aromatic rings. The van der Waals surface area contributed by atoms with Crippen molar-refractivity contribution in [2.24, 2.45) is 0 Å². The van der Waals surface area contributed by atoms with Crippen LogP contribution >= 0.6 is 31.9 Å². The van der Waals surface area contributed by atoms with Crippen LogP contribution in [0, 0.1) is 0 Å². The molecule has 0 aromatic heterocycles. The molecule has 110 valence electrons. The fourth-order valence-electron chi connectivity index (χ4n) is 2.77. The molecule has 0 amide bonds. The Morgan fingerprint density at radius 2 is 2.10 bits per heavy atom. The number of halogens is 2. The van der Waals surface area contributed by atoms with Gasteiger partial charge in [-0.25, -0.2) is 0 Å². The maximum atomic E-state index is 6.03. The van der Waals surface area contributed by atoms with Gasteiger partial charge in [0.25, 0.3) is 0 Å². The molecule has 2 fully saturated rings. The molecule has 0 radical (unpaired) electrons. The van der Waals surface area contributed by atoms with Crippen LogP contribution in [-0.2, 0) is 4.74 Å². The zero-order valence-electron chi connectivity index (χ0n) is 11.6. The first kappa shape index (κ1) is 15.0. The van der Waals surface area contributed by atoms with Crippen molar-refractivity contribution in [1.29, 1.82) is 0 Å². The van der Waals surface area contributed by atoms with Crippen LogP contribution < -0.4 is 5.32 Å². The average molecular weight is 404 g/mol. The van der Waals surface area contributed by atoms with Crippen molar-refractivity contribution in [3.63, 3.8) is 0 Å². The minimum Gasteiger partial charge on any atom is -0.374 e. The Bertz CT molecular complexity index is 479. The van der Waals surface area contributed by atoms with Crippen molar-refractivity contribution in [2.75, 3.05) is 26.7 Å². The highest BCUT2D eigenvalue weighted by atomic mass is 79.9. The minimum absolute atomic E-state index is 0.224. The molecule has 1 aliphatic carbocycles. The lowest BCUT2D eigenvalue weighted by molar-refractivity contribution is -0.0615. The highest BCUT2D eigenvalue weighted by Gasteiger charge is 2.33. The summed E-state index contributed by atoms with van der Waals surface area (Å²) >= 11 is 7.14. The van der Waals surface area contributed by atoms with Gasteiger partial charge in [-0.3, -0.25) is 4.90 Å². The Morgan fingerprint density at radius 1 is 1.30 bits per heavy atom. The van der Waals surface area contributed by atoms with Gasteiger partial charge in [0.2, 0.25) is 0 Å². The second kappa shape index (κ2) is 6.44. The molecule has 0 spiro atoms. The van der Waals surface area contributed by atoms with Crippen molar-refractivity contribution in [2.45, 2.75) is 31.0 Å². The molecule has 2 unspecified atom stereocenters. The number of morpholine rings is 1. The van der Waals surface area contributed by atoms with Gasteiger partial charge in [0, 0.05) is 28.1 Å². The van der Waals surface area contributed by atoms with Gasteiger partial charge in [0.15, 0.2) is 0 Å². The lowest BCUT2D eigenvalue weighted by atomic mass is 9.98. The molecule has 20 heavy (non-hydrogen) atoms. The highest BCUT2D eigenvalue weighted by Crippen LogP contribution is 2.33. The molecule has 1 saturated heterocycles. The van der Waals surface area contributed by atoms with Gasteiger partial charge in [-0.15, -0.1) is 0 Å². The molecule has 0 bridgehead atoms. The molecular formula is C15H20Br2N2O. The van der Waals surface area contributed by atoms with E-state index in [4.69, 9.17) is 4.74 Å². The maximum absolute atomic E-state index is 6.03. The Labute approximate surface area is 137 Å². The summed E-state index contributed by atoms with van der Waals surface area (Å²) in [6, 6.07) is 7.54. The van der Waals surface area contributed by atoms with E-state index in [1.54, 1.807) is 0 Å². The third-order valence-corrected chi connectivity index (χ3v) is 5.95. The van der Waals surface area contributed by atoms with E-state index < -0.39 is 0 Å². The number of rotatable bonds is 4. The van der Waals surface area contributed by atoms with Gasteiger partial charge in [-0.1, -0.05) is 6.07 Å². The van der Waals surface area contributed by atoms with Crippen LogP contribution in [0.15, 0.2) is 27.1 Å². The van der Waals surface area contributed by atoms with Crippen LogP contribution in [0.3, 0.4) is 0 Å². The van der Waals surface area contributed by atoms with Crippen molar-refractivity contribution in [1.82, 2.24) is 10.2 Å². The monoisotopic (exact) mass is 402 g/mol. The summed E-state index contributed by atoms with van der Waals surface area (Å²) < 4.78 is 8.22.